The molecule has 0 aliphatic carbocycles. The molecule has 2 aromatic rings. The lowest BCUT2D eigenvalue weighted by Crippen LogP contribution is -2.33. The summed E-state index contributed by atoms with van der Waals surface area (Å²) in [5.41, 5.74) is 0.436. The van der Waals surface area contributed by atoms with Gasteiger partial charge in [0.2, 0.25) is 5.91 Å². The number of furan rings is 1. The smallest absolute Gasteiger partial charge is 0.331 e. The monoisotopic (exact) mass is 277 g/mol. The van der Waals surface area contributed by atoms with Crippen LogP contribution in [0.15, 0.2) is 35.2 Å². The first-order valence-corrected chi connectivity index (χ1v) is 6.09. The second-order valence-electron chi connectivity index (χ2n) is 4.37. The molecule has 2 aromatic heterocycles. The Morgan fingerprint density at radius 2 is 2.35 bits per heavy atom. The zero-order chi connectivity index (χ0) is 14.5. The van der Waals surface area contributed by atoms with E-state index < -0.39 is 12.0 Å². The average Bonchev–Trinajstić information content (AvgIpc) is 3.04. The van der Waals surface area contributed by atoms with Crippen LogP contribution in [-0.2, 0) is 23.1 Å². The average molecular weight is 277 g/mol. The molecule has 7 nitrogen and oxygen atoms in total. The largest absolute Gasteiger partial charge is 0.479 e. The van der Waals surface area contributed by atoms with Gasteiger partial charge in [0.15, 0.2) is 6.04 Å². The number of carbonyl (C=O) groups is 2. The Kier molecular flexibility index (Phi) is 4.19. The molecule has 0 saturated carbocycles. The van der Waals surface area contributed by atoms with Crippen LogP contribution in [0.25, 0.3) is 0 Å². The summed E-state index contributed by atoms with van der Waals surface area (Å²) in [4.78, 5) is 23.0. The first-order chi connectivity index (χ1) is 9.56. The van der Waals surface area contributed by atoms with E-state index in [0.29, 0.717) is 17.7 Å². The summed E-state index contributed by atoms with van der Waals surface area (Å²) in [6.45, 7) is 0. The fraction of sp³-hybridized carbons (Fsp3) is 0.308. The van der Waals surface area contributed by atoms with Gasteiger partial charge < -0.3 is 14.8 Å². The molecule has 0 bridgehead atoms. The normalized spacial score (nSPS) is 12.1. The van der Waals surface area contributed by atoms with Crippen LogP contribution >= 0.6 is 0 Å². The van der Waals surface area contributed by atoms with Gasteiger partial charge in [0.1, 0.15) is 5.76 Å². The lowest BCUT2D eigenvalue weighted by atomic mass is 10.1. The van der Waals surface area contributed by atoms with Gasteiger partial charge in [0.25, 0.3) is 0 Å². The van der Waals surface area contributed by atoms with Crippen molar-refractivity contribution in [2.24, 2.45) is 7.05 Å². The number of amides is 1. The Balaban J connectivity index is 1.94. The van der Waals surface area contributed by atoms with Crippen LogP contribution in [0.3, 0.4) is 0 Å². The van der Waals surface area contributed by atoms with Crippen molar-refractivity contribution in [2.45, 2.75) is 18.9 Å². The molecule has 0 aromatic carbocycles. The maximum atomic E-state index is 11.8. The second-order valence-corrected chi connectivity index (χ2v) is 4.37. The van der Waals surface area contributed by atoms with Crippen molar-refractivity contribution in [3.05, 3.63) is 42.1 Å². The van der Waals surface area contributed by atoms with Crippen LogP contribution in [0.2, 0.25) is 0 Å². The number of carboxylic acid groups (broad SMARTS) is 1. The quantitative estimate of drug-likeness (QED) is 0.817. The standard InChI is InChI=1S/C13H15N3O4/c1-16-8-9(7-14-16)12(13(18)19)15-11(17)5-4-10-3-2-6-20-10/h2-3,6-8,12H,4-5H2,1H3,(H,15,17)(H,18,19). The molecule has 1 amide bonds. The van der Waals surface area contributed by atoms with Crippen LogP contribution in [0.5, 0.6) is 0 Å². The molecule has 0 aliphatic heterocycles. The SMILES string of the molecule is Cn1cc(C(NC(=O)CCc2ccco2)C(=O)O)cn1. The fourth-order valence-electron chi connectivity index (χ4n) is 1.80. The van der Waals surface area contributed by atoms with Crippen molar-refractivity contribution in [1.82, 2.24) is 15.1 Å². The predicted molar refractivity (Wildman–Crippen MR) is 68.8 cm³/mol. The maximum Gasteiger partial charge on any atom is 0.331 e. The van der Waals surface area contributed by atoms with Crippen LogP contribution < -0.4 is 5.32 Å². The fourth-order valence-corrected chi connectivity index (χ4v) is 1.80. The molecule has 7 heteroatoms. The molecule has 1 atom stereocenters. The Bertz CT molecular complexity index is 589. The van der Waals surface area contributed by atoms with E-state index in [1.807, 2.05) is 0 Å². The molecule has 1 unspecified atom stereocenters. The minimum Gasteiger partial charge on any atom is -0.479 e. The number of aryl methyl sites for hydroxylation is 2. The molecule has 0 radical (unpaired) electrons. The van der Waals surface area contributed by atoms with Crippen molar-refractivity contribution in [2.75, 3.05) is 0 Å². The highest BCUT2D eigenvalue weighted by molar-refractivity contribution is 5.84. The van der Waals surface area contributed by atoms with E-state index in [1.165, 1.54) is 17.1 Å². The van der Waals surface area contributed by atoms with Gasteiger partial charge >= 0.3 is 5.97 Å². The molecule has 0 aliphatic rings. The van der Waals surface area contributed by atoms with E-state index in [-0.39, 0.29) is 12.3 Å². The van der Waals surface area contributed by atoms with Crippen LogP contribution in [0, 0.1) is 0 Å². The lowest BCUT2D eigenvalue weighted by Gasteiger charge is -2.12. The topological polar surface area (TPSA) is 97.4 Å². The number of aliphatic carboxylic acids is 1. The van der Waals surface area contributed by atoms with E-state index in [9.17, 15) is 9.59 Å². The second kappa shape index (κ2) is 6.05. The Morgan fingerprint density at radius 1 is 1.55 bits per heavy atom. The molecule has 2 rings (SSSR count). The minimum absolute atomic E-state index is 0.164. The highest BCUT2D eigenvalue weighted by atomic mass is 16.4. The van der Waals surface area contributed by atoms with Crippen LogP contribution in [0.4, 0.5) is 0 Å². The van der Waals surface area contributed by atoms with Crippen molar-refractivity contribution in [1.29, 1.82) is 0 Å². The molecule has 106 valence electrons. The number of hydrogen-bond donors (Lipinski definition) is 2. The van der Waals surface area contributed by atoms with Gasteiger partial charge in [-0.25, -0.2) is 4.79 Å². The summed E-state index contributed by atoms with van der Waals surface area (Å²) >= 11 is 0. The molecule has 0 spiro atoms. The maximum absolute atomic E-state index is 11.8. The molecule has 0 fully saturated rings. The molecule has 2 N–H and O–H groups in total. The summed E-state index contributed by atoms with van der Waals surface area (Å²) in [5, 5.41) is 15.5. The Labute approximate surface area is 115 Å². The van der Waals surface area contributed by atoms with E-state index in [1.54, 1.807) is 25.4 Å². The van der Waals surface area contributed by atoms with E-state index in [0.717, 1.165) is 0 Å². The molecular weight excluding hydrogens is 262 g/mol. The summed E-state index contributed by atoms with van der Waals surface area (Å²) in [5.74, 6) is -0.782. The third-order valence-electron chi connectivity index (χ3n) is 2.79. The lowest BCUT2D eigenvalue weighted by molar-refractivity contribution is -0.142. The van der Waals surface area contributed by atoms with E-state index >= 15 is 0 Å². The van der Waals surface area contributed by atoms with E-state index in [2.05, 4.69) is 10.4 Å². The van der Waals surface area contributed by atoms with Gasteiger partial charge in [-0.15, -0.1) is 0 Å². The number of nitrogens with one attached hydrogen (secondary N) is 1. The summed E-state index contributed by atoms with van der Waals surface area (Å²) in [7, 11) is 1.68. The van der Waals surface area contributed by atoms with Gasteiger partial charge in [-0.2, -0.15) is 5.10 Å². The van der Waals surface area contributed by atoms with Crippen molar-refractivity contribution >= 4 is 11.9 Å². The first kappa shape index (κ1) is 13.9. The molecule has 2 heterocycles. The highest BCUT2D eigenvalue weighted by Gasteiger charge is 2.23. The highest BCUT2D eigenvalue weighted by Crippen LogP contribution is 2.12. The van der Waals surface area contributed by atoms with Crippen LogP contribution in [-0.4, -0.2) is 26.8 Å². The minimum atomic E-state index is -1.12. The van der Waals surface area contributed by atoms with Crippen molar-refractivity contribution < 1.29 is 19.1 Å². The molecular formula is C13H15N3O4. The number of hydrogen-bond acceptors (Lipinski definition) is 4. The van der Waals surface area contributed by atoms with Crippen LogP contribution in [0.1, 0.15) is 23.8 Å². The van der Waals surface area contributed by atoms with Gasteiger partial charge in [-0.05, 0) is 12.1 Å². The Morgan fingerprint density at radius 3 is 2.90 bits per heavy atom. The third kappa shape index (κ3) is 3.47. The summed E-state index contributed by atoms with van der Waals surface area (Å²) in [6, 6.07) is 2.42. The summed E-state index contributed by atoms with van der Waals surface area (Å²) < 4.78 is 6.60. The van der Waals surface area contributed by atoms with Gasteiger partial charge in [-0.1, -0.05) is 0 Å². The Hall–Kier alpha value is -2.57. The van der Waals surface area contributed by atoms with Gasteiger partial charge in [-0.3, -0.25) is 9.48 Å². The third-order valence-corrected chi connectivity index (χ3v) is 2.79. The van der Waals surface area contributed by atoms with E-state index in [4.69, 9.17) is 9.52 Å². The van der Waals surface area contributed by atoms with Crippen molar-refractivity contribution in [3.8, 4) is 0 Å². The number of aromatic nitrogens is 2. The number of rotatable bonds is 6. The number of carboxylic acids is 1. The van der Waals surface area contributed by atoms with Gasteiger partial charge in [0.05, 0.1) is 12.5 Å². The summed E-state index contributed by atoms with van der Waals surface area (Å²) in [6.07, 6.45) is 5.11. The zero-order valence-corrected chi connectivity index (χ0v) is 10.9. The predicted octanol–water partition coefficient (Wildman–Crippen LogP) is 0.888. The number of nitrogens with zero attached hydrogens (tertiary/aromatic N) is 2. The zero-order valence-electron chi connectivity index (χ0n) is 10.9. The number of carbonyl (C=O) groups excluding carboxylic acids is 1. The molecule has 0 saturated heterocycles. The molecule has 20 heavy (non-hydrogen) atoms. The van der Waals surface area contributed by atoms with Crippen molar-refractivity contribution in [3.63, 3.8) is 0 Å². The van der Waals surface area contributed by atoms with Gasteiger partial charge in [0, 0.05) is 31.6 Å². The first-order valence-electron chi connectivity index (χ1n) is 6.09.